The van der Waals surface area contributed by atoms with Gasteiger partial charge in [0.15, 0.2) is 0 Å². The smallest absolute Gasteiger partial charge is 0.244 e. The van der Waals surface area contributed by atoms with Crippen molar-refractivity contribution in [2.24, 2.45) is 0 Å². The van der Waals surface area contributed by atoms with E-state index in [0.29, 0.717) is 11.6 Å². The molecular formula is C23H27ClN2O2. The number of amides is 1. The van der Waals surface area contributed by atoms with Crippen molar-refractivity contribution in [3.8, 4) is 5.75 Å². The van der Waals surface area contributed by atoms with E-state index in [1.54, 1.807) is 19.3 Å². The van der Waals surface area contributed by atoms with Crippen LogP contribution < -0.4 is 10.1 Å². The van der Waals surface area contributed by atoms with Crippen molar-refractivity contribution >= 4 is 23.6 Å². The summed E-state index contributed by atoms with van der Waals surface area (Å²) >= 11 is 5.89. The van der Waals surface area contributed by atoms with Crippen LogP contribution in [0.1, 0.15) is 36.4 Å². The fraction of sp³-hybridized carbons (Fsp3) is 0.348. The number of rotatable bonds is 7. The van der Waals surface area contributed by atoms with Crippen molar-refractivity contribution in [3.05, 3.63) is 70.8 Å². The zero-order chi connectivity index (χ0) is 19.8. The number of ether oxygens (including phenoxy) is 1. The molecule has 0 aromatic heterocycles. The van der Waals surface area contributed by atoms with Gasteiger partial charge in [0.25, 0.3) is 0 Å². The van der Waals surface area contributed by atoms with Crippen LogP contribution >= 0.6 is 11.6 Å². The van der Waals surface area contributed by atoms with Crippen molar-refractivity contribution in [2.45, 2.75) is 25.3 Å². The highest BCUT2D eigenvalue weighted by Gasteiger charge is 2.22. The van der Waals surface area contributed by atoms with Crippen molar-refractivity contribution in [1.82, 2.24) is 10.2 Å². The molecular weight excluding hydrogens is 372 g/mol. The van der Waals surface area contributed by atoms with Crippen LogP contribution in [0, 0.1) is 0 Å². The highest BCUT2D eigenvalue weighted by molar-refractivity contribution is 6.30. The zero-order valence-corrected chi connectivity index (χ0v) is 17.0. The van der Waals surface area contributed by atoms with Crippen LogP contribution in [-0.2, 0) is 4.79 Å². The van der Waals surface area contributed by atoms with Gasteiger partial charge in [0.1, 0.15) is 5.75 Å². The molecule has 0 radical (unpaired) electrons. The second-order valence-corrected chi connectivity index (χ2v) is 7.45. The SMILES string of the molecule is COc1ccc(C(CNC(=O)C=Cc2ccc(Cl)cc2)N2CCCCC2)cc1. The first-order valence-corrected chi connectivity index (χ1v) is 10.1. The predicted octanol–water partition coefficient (Wildman–Crippen LogP) is 4.71. The lowest BCUT2D eigenvalue weighted by Crippen LogP contribution is -2.40. The summed E-state index contributed by atoms with van der Waals surface area (Å²) in [5, 5.41) is 3.75. The van der Waals surface area contributed by atoms with Crippen molar-refractivity contribution < 1.29 is 9.53 Å². The highest BCUT2D eigenvalue weighted by atomic mass is 35.5. The van der Waals surface area contributed by atoms with E-state index in [-0.39, 0.29) is 11.9 Å². The van der Waals surface area contributed by atoms with Gasteiger partial charge in [-0.15, -0.1) is 0 Å². The Labute approximate surface area is 172 Å². The van der Waals surface area contributed by atoms with E-state index in [2.05, 4.69) is 22.3 Å². The second-order valence-electron chi connectivity index (χ2n) is 7.02. The molecule has 2 aromatic carbocycles. The number of hydrogen-bond donors (Lipinski definition) is 1. The standard InChI is InChI=1S/C23H27ClN2O2/c1-28-21-12-8-19(9-13-21)22(26-15-3-2-4-16-26)17-25-23(27)14-7-18-5-10-20(24)11-6-18/h5-14,22H,2-4,15-17H2,1H3,(H,25,27). The summed E-state index contributed by atoms with van der Waals surface area (Å²) in [4.78, 5) is 14.8. The number of likely N-dealkylation sites (tertiary alicyclic amines) is 1. The summed E-state index contributed by atoms with van der Waals surface area (Å²) in [6.45, 7) is 2.70. The number of nitrogens with one attached hydrogen (secondary N) is 1. The molecule has 28 heavy (non-hydrogen) atoms. The molecule has 4 nitrogen and oxygen atoms in total. The Hall–Kier alpha value is -2.30. The number of carbonyl (C=O) groups is 1. The van der Waals surface area contributed by atoms with E-state index in [1.165, 1.54) is 24.8 Å². The molecule has 148 valence electrons. The third-order valence-corrected chi connectivity index (χ3v) is 5.35. The molecule has 0 aliphatic carbocycles. The minimum absolute atomic E-state index is 0.0922. The highest BCUT2D eigenvalue weighted by Crippen LogP contribution is 2.25. The maximum atomic E-state index is 12.3. The first-order chi connectivity index (χ1) is 13.7. The largest absolute Gasteiger partial charge is 0.497 e. The van der Waals surface area contributed by atoms with Crippen LogP contribution in [0.25, 0.3) is 6.08 Å². The molecule has 0 spiro atoms. The lowest BCUT2D eigenvalue weighted by molar-refractivity contribution is -0.116. The molecule has 1 saturated heterocycles. The van der Waals surface area contributed by atoms with Gasteiger partial charge < -0.3 is 10.1 Å². The molecule has 1 N–H and O–H groups in total. The van der Waals surface area contributed by atoms with Gasteiger partial charge in [-0.25, -0.2) is 0 Å². The number of piperidine rings is 1. The molecule has 5 heteroatoms. The first kappa shape index (κ1) is 20.4. The fourth-order valence-corrected chi connectivity index (χ4v) is 3.64. The number of methoxy groups -OCH3 is 1. The molecule has 1 heterocycles. The van der Waals surface area contributed by atoms with Crippen LogP contribution in [0.3, 0.4) is 0 Å². The number of halogens is 1. The second kappa shape index (κ2) is 10.3. The monoisotopic (exact) mass is 398 g/mol. The Balaban J connectivity index is 1.64. The molecule has 0 bridgehead atoms. The minimum atomic E-state index is -0.0922. The van der Waals surface area contributed by atoms with Gasteiger partial charge in [-0.2, -0.15) is 0 Å². The summed E-state index contributed by atoms with van der Waals surface area (Å²) in [6.07, 6.45) is 7.07. The van der Waals surface area contributed by atoms with Gasteiger partial charge in [-0.05, 0) is 67.4 Å². The van der Waals surface area contributed by atoms with E-state index in [1.807, 2.05) is 36.4 Å². The van der Waals surface area contributed by atoms with Crippen LogP contribution in [0.5, 0.6) is 5.75 Å². The molecule has 1 fully saturated rings. The molecule has 2 aromatic rings. The number of carbonyl (C=O) groups excluding carboxylic acids is 1. The van der Waals surface area contributed by atoms with E-state index in [9.17, 15) is 4.79 Å². The summed E-state index contributed by atoms with van der Waals surface area (Å²) in [5.74, 6) is 0.751. The van der Waals surface area contributed by atoms with Crippen molar-refractivity contribution in [3.63, 3.8) is 0 Å². The van der Waals surface area contributed by atoms with Gasteiger partial charge in [0.05, 0.1) is 13.2 Å². The van der Waals surface area contributed by atoms with E-state index in [0.717, 1.165) is 24.4 Å². The number of nitrogens with zero attached hydrogens (tertiary/aromatic N) is 1. The first-order valence-electron chi connectivity index (χ1n) is 9.75. The predicted molar refractivity (Wildman–Crippen MR) is 115 cm³/mol. The minimum Gasteiger partial charge on any atom is -0.497 e. The Bertz CT molecular complexity index is 781. The quantitative estimate of drug-likeness (QED) is 0.687. The third-order valence-electron chi connectivity index (χ3n) is 5.10. The van der Waals surface area contributed by atoms with Gasteiger partial charge in [0.2, 0.25) is 5.91 Å². The molecule has 3 rings (SSSR count). The van der Waals surface area contributed by atoms with Crippen molar-refractivity contribution in [1.29, 1.82) is 0 Å². The fourth-order valence-electron chi connectivity index (χ4n) is 3.52. The van der Waals surface area contributed by atoms with Crippen molar-refractivity contribution in [2.75, 3.05) is 26.7 Å². The van der Waals surface area contributed by atoms with Crippen LogP contribution in [0.15, 0.2) is 54.6 Å². The van der Waals surface area contributed by atoms with Gasteiger partial charge in [0, 0.05) is 17.6 Å². The lowest BCUT2D eigenvalue weighted by atomic mass is 10.0. The topological polar surface area (TPSA) is 41.6 Å². The normalized spacial score (nSPS) is 16.1. The average molecular weight is 399 g/mol. The Morgan fingerprint density at radius 2 is 1.79 bits per heavy atom. The van der Waals surface area contributed by atoms with E-state index < -0.39 is 0 Å². The molecule has 1 aliphatic rings. The van der Waals surface area contributed by atoms with E-state index >= 15 is 0 Å². The summed E-state index contributed by atoms with van der Waals surface area (Å²) in [6, 6.07) is 15.7. The Morgan fingerprint density at radius 3 is 2.43 bits per heavy atom. The molecule has 0 saturated carbocycles. The lowest BCUT2D eigenvalue weighted by Gasteiger charge is -2.35. The maximum Gasteiger partial charge on any atom is 0.244 e. The average Bonchev–Trinajstić information content (AvgIpc) is 2.74. The van der Waals surface area contributed by atoms with Gasteiger partial charge in [-0.3, -0.25) is 9.69 Å². The molecule has 1 amide bonds. The van der Waals surface area contributed by atoms with E-state index in [4.69, 9.17) is 16.3 Å². The van der Waals surface area contributed by atoms with Gasteiger partial charge in [-0.1, -0.05) is 42.3 Å². The molecule has 1 unspecified atom stereocenters. The van der Waals surface area contributed by atoms with Crippen LogP contribution in [-0.4, -0.2) is 37.6 Å². The summed E-state index contributed by atoms with van der Waals surface area (Å²) in [5.41, 5.74) is 2.15. The zero-order valence-electron chi connectivity index (χ0n) is 16.2. The maximum absolute atomic E-state index is 12.3. The summed E-state index contributed by atoms with van der Waals surface area (Å²) < 4.78 is 5.27. The Kier molecular flexibility index (Phi) is 7.52. The molecule has 1 aliphatic heterocycles. The number of hydrogen-bond acceptors (Lipinski definition) is 3. The third kappa shape index (κ3) is 5.85. The summed E-state index contributed by atoms with van der Waals surface area (Å²) in [7, 11) is 1.67. The van der Waals surface area contributed by atoms with Crippen LogP contribution in [0.4, 0.5) is 0 Å². The molecule has 1 atom stereocenters. The van der Waals surface area contributed by atoms with Gasteiger partial charge >= 0.3 is 0 Å². The van der Waals surface area contributed by atoms with Crippen LogP contribution in [0.2, 0.25) is 5.02 Å². The number of benzene rings is 2. The Morgan fingerprint density at radius 1 is 1.11 bits per heavy atom.